The predicted octanol–water partition coefficient (Wildman–Crippen LogP) is 3.22. The highest BCUT2D eigenvalue weighted by atomic mass is 19.1. The number of aliphatic hydroxyl groups is 1. The first-order chi connectivity index (χ1) is 10.5. The van der Waals surface area contributed by atoms with Crippen LogP contribution in [-0.2, 0) is 0 Å². The molecule has 2 atom stereocenters. The Labute approximate surface area is 132 Å². The molecule has 22 heavy (non-hydrogen) atoms. The Balaban J connectivity index is 3.02. The second-order valence-electron chi connectivity index (χ2n) is 5.54. The van der Waals surface area contributed by atoms with E-state index in [0.717, 1.165) is 12.8 Å². The maximum absolute atomic E-state index is 14.3. The largest absolute Gasteiger partial charge is 0.490 e. The number of aliphatic hydroxyl groups excluding tert-OH is 1. The van der Waals surface area contributed by atoms with Gasteiger partial charge < -0.3 is 20.3 Å². The zero-order valence-electron chi connectivity index (χ0n) is 13.8. The predicted molar refractivity (Wildman–Crippen MR) is 86.1 cm³/mol. The number of hydrogen-bond donors (Lipinski definition) is 2. The number of halogens is 1. The Bertz CT molecular complexity index is 454. The summed E-state index contributed by atoms with van der Waals surface area (Å²) in [7, 11) is 0. The molecule has 0 saturated carbocycles. The zero-order chi connectivity index (χ0) is 16.5. The van der Waals surface area contributed by atoms with Crippen LogP contribution in [0.15, 0.2) is 12.1 Å². The molecule has 4 nitrogen and oxygen atoms in total. The van der Waals surface area contributed by atoms with Gasteiger partial charge in [-0.15, -0.1) is 0 Å². The van der Waals surface area contributed by atoms with Crippen molar-refractivity contribution < 1.29 is 19.0 Å². The van der Waals surface area contributed by atoms with E-state index in [-0.39, 0.29) is 18.3 Å². The van der Waals surface area contributed by atoms with Crippen LogP contribution in [0, 0.1) is 5.82 Å². The van der Waals surface area contributed by atoms with Crippen molar-refractivity contribution in [3.8, 4) is 11.5 Å². The van der Waals surface area contributed by atoms with E-state index in [4.69, 9.17) is 15.2 Å². The average Bonchev–Trinajstić information content (AvgIpc) is 2.51. The molecular formula is C17H28FNO3. The van der Waals surface area contributed by atoms with Crippen LogP contribution in [0.25, 0.3) is 0 Å². The molecule has 2 unspecified atom stereocenters. The fraction of sp³-hybridized carbons (Fsp3) is 0.647. The van der Waals surface area contributed by atoms with Crippen LogP contribution in [0.1, 0.15) is 51.5 Å². The molecule has 0 spiro atoms. The van der Waals surface area contributed by atoms with Gasteiger partial charge in [-0.25, -0.2) is 4.39 Å². The Morgan fingerprint density at radius 2 is 1.68 bits per heavy atom. The SMILES string of the molecule is CCCOc1cc(F)c(C(C)CC(O)CN)cc1OCCC. The Morgan fingerprint density at radius 1 is 1.14 bits per heavy atom. The van der Waals surface area contributed by atoms with E-state index in [2.05, 4.69) is 0 Å². The van der Waals surface area contributed by atoms with Crippen molar-refractivity contribution in [1.29, 1.82) is 0 Å². The lowest BCUT2D eigenvalue weighted by atomic mass is 9.94. The Morgan fingerprint density at radius 3 is 2.18 bits per heavy atom. The molecule has 0 saturated heterocycles. The van der Waals surface area contributed by atoms with Crippen molar-refractivity contribution in [3.05, 3.63) is 23.5 Å². The molecule has 0 amide bonds. The third-order valence-corrected chi connectivity index (χ3v) is 3.42. The first-order valence-corrected chi connectivity index (χ1v) is 8.00. The van der Waals surface area contributed by atoms with Crippen molar-refractivity contribution in [2.75, 3.05) is 19.8 Å². The quantitative estimate of drug-likeness (QED) is 0.696. The molecule has 1 rings (SSSR count). The normalized spacial score (nSPS) is 13.7. The Kier molecular flexibility index (Phi) is 8.20. The third-order valence-electron chi connectivity index (χ3n) is 3.42. The molecule has 0 aliphatic heterocycles. The number of hydrogen-bond acceptors (Lipinski definition) is 4. The molecule has 1 aromatic rings. The molecular weight excluding hydrogens is 285 g/mol. The summed E-state index contributed by atoms with van der Waals surface area (Å²) in [6.07, 6.45) is 1.48. The maximum atomic E-state index is 14.3. The van der Waals surface area contributed by atoms with Crippen LogP contribution in [0.3, 0.4) is 0 Å². The summed E-state index contributed by atoms with van der Waals surface area (Å²) in [5.41, 5.74) is 5.94. The van der Waals surface area contributed by atoms with E-state index in [9.17, 15) is 9.50 Å². The number of benzene rings is 1. The van der Waals surface area contributed by atoms with Crippen molar-refractivity contribution in [1.82, 2.24) is 0 Å². The highest BCUT2D eigenvalue weighted by Gasteiger charge is 2.19. The minimum atomic E-state index is -0.634. The van der Waals surface area contributed by atoms with E-state index in [1.165, 1.54) is 6.07 Å². The molecule has 0 bridgehead atoms. The molecule has 0 aliphatic carbocycles. The maximum Gasteiger partial charge on any atom is 0.164 e. The van der Waals surface area contributed by atoms with Gasteiger partial charge in [0.25, 0.3) is 0 Å². The molecule has 0 radical (unpaired) electrons. The molecule has 0 fully saturated rings. The van der Waals surface area contributed by atoms with Crippen LogP contribution in [-0.4, -0.2) is 31.0 Å². The molecule has 3 N–H and O–H groups in total. The minimum Gasteiger partial charge on any atom is -0.490 e. The molecule has 1 aromatic carbocycles. The summed E-state index contributed by atoms with van der Waals surface area (Å²) in [6.45, 7) is 7.11. The van der Waals surface area contributed by atoms with E-state index in [1.807, 2.05) is 20.8 Å². The minimum absolute atomic E-state index is 0.150. The standard InChI is InChI=1S/C17H28FNO3/c1-4-6-21-16-9-14(12(3)8-13(20)11-19)15(18)10-17(16)22-7-5-2/h9-10,12-13,20H,4-8,11,19H2,1-3H3. The Hall–Kier alpha value is -1.33. The summed E-state index contributed by atoms with van der Waals surface area (Å²) in [4.78, 5) is 0. The van der Waals surface area contributed by atoms with Crippen LogP contribution < -0.4 is 15.2 Å². The van der Waals surface area contributed by atoms with E-state index >= 15 is 0 Å². The van der Waals surface area contributed by atoms with Gasteiger partial charge in [0, 0.05) is 12.6 Å². The van der Waals surface area contributed by atoms with Crippen molar-refractivity contribution >= 4 is 0 Å². The van der Waals surface area contributed by atoms with Gasteiger partial charge in [-0.1, -0.05) is 20.8 Å². The molecule has 0 aliphatic rings. The first-order valence-electron chi connectivity index (χ1n) is 8.00. The van der Waals surface area contributed by atoms with Gasteiger partial charge in [-0.3, -0.25) is 0 Å². The van der Waals surface area contributed by atoms with Crippen LogP contribution in [0.2, 0.25) is 0 Å². The van der Waals surface area contributed by atoms with E-state index in [1.54, 1.807) is 6.07 Å². The third kappa shape index (κ3) is 5.46. The van der Waals surface area contributed by atoms with E-state index in [0.29, 0.717) is 36.7 Å². The highest BCUT2D eigenvalue weighted by Crippen LogP contribution is 2.35. The lowest BCUT2D eigenvalue weighted by Gasteiger charge is -2.19. The monoisotopic (exact) mass is 313 g/mol. The second-order valence-corrected chi connectivity index (χ2v) is 5.54. The van der Waals surface area contributed by atoms with Gasteiger partial charge in [0.2, 0.25) is 0 Å². The highest BCUT2D eigenvalue weighted by molar-refractivity contribution is 5.45. The lowest BCUT2D eigenvalue weighted by molar-refractivity contribution is 0.164. The fourth-order valence-electron chi connectivity index (χ4n) is 2.21. The molecule has 5 heteroatoms. The van der Waals surface area contributed by atoms with Gasteiger partial charge in [-0.2, -0.15) is 0 Å². The van der Waals surface area contributed by atoms with Crippen LogP contribution in [0.5, 0.6) is 11.5 Å². The van der Waals surface area contributed by atoms with Crippen molar-refractivity contribution in [2.45, 2.75) is 52.1 Å². The van der Waals surface area contributed by atoms with Crippen LogP contribution in [0.4, 0.5) is 4.39 Å². The fourth-order valence-corrected chi connectivity index (χ4v) is 2.21. The first kappa shape index (κ1) is 18.7. The molecule has 0 aromatic heterocycles. The van der Waals surface area contributed by atoms with Gasteiger partial charge in [0.15, 0.2) is 11.5 Å². The molecule has 0 heterocycles. The van der Waals surface area contributed by atoms with Gasteiger partial charge in [0.05, 0.1) is 19.3 Å². The van der Waals surface area contributed by atoms with Gasteiger partial charge >= 0.3 is 0 Å². The smallest absolute Gasteiger partial charge is 0.164 e. The topological polar surface area (TPSA) is 64.7 Å². The van der Waals surface area contributed by atoms with E-state index < -0.39 is 6.10 Å². The van der Waals surface area contributed by atoms with Gasteiger partial charge in [-0.05, 0) is 36.8 Å². The summed E-state index contributed by atoms with van der Waals surface area (Å²) in [5.74, 6) is 0.498. The van der Waals surface area contributed by atoms with Crippen LogP contribution >= 0.6 is 0 Å². The lowest BCUT2D eigenvalue weighted by Crippen LogP contribution is -2.21. The summed E-state index contributed by atoms with van der Waals surface area (Å²) >= 11 is 0. The average molecular weight is 313 g/mol. The molecule has 126 valence electrons. The zero-order valence-corrected chi connectivity index (χ0v) is 13.8. The second kappa shape index (κ2) is 9.64. The number of ether oxygens (including phenoxy) is 2. The number of rotatable bonds is 10. The summed E-state index contributed by atoms with van der Waals surface area (Å²) < 4.78 is 25.6. The van der Waals surface area contributed by atoms with Gasteiger partial charge in [0.1, 0.15) is 5.82 Å². The van der Waals surface area contributed by atoms with Crippen molar-refractivity contribution in [3.63, 3.8) is 0 Å². The summed E-state index contributed by atoms with van der Waals surface area (Å²) in [6, 6.07) is 3.06. The summed E-state index contributed by atoms with van der Waals surface area (Å²) in [5, 5.41) is 9.66. The number of nitrogens with two attached hydrogens (primary N) is 1. The van der Waals surface area contributed by atoms with Crippen molar-refractivity contribution in [2.24, 2.45) is 5.73 Å².